The molecular weight excluding hydrogens is 260 g/mol. The average molecular weight is 282 g/mol. The smallest absolute Gasteiger partial charge is 0.240 e. The van der Waals surface area contributed by atoms with Crippen LogP contribution in [0.4, 0.5) is 0 Å². The lowest BCUT2D eigenvalue weighted by molar-refractivity contribution is 0.530. The van der Waals surface area contributed by atoms with Crippen molar-refractivity contribution in [1.82, 2.24) is 10.0 Å². The zero-order valence-electron chi connectivity index (χ0n) is 11.5. The average Bonchev–Trinajstić information content (AvgIpc) is 3.13. The predicted octanol–water partition coefficient (Wildman–Crippen LogP) is 1.87. The summed E-state index contributed by atoms with van der Waals surface area (Å²) in [6.07, 6.45) is 3.42. The molecule has 2 rings (SSSR count). The first-order chi connectivity index (χ1) is 9.01. The predicted molar refractivity (Wildman–Crippen MR) is 76.3 cm³/mol. The molecule has 0 spiro atoms. The second kappa shape index (κ2) is 6.03. The van der Waals surface area contributed by atoms with E-state index in [2.05, 4.69) is 10.0 Å². The highest BCUT2D eigenvalue weighted by Gasteiger charge is 2.26. The van der Waals surface area contributed by atoms with E-state index in [0.29, 0.717) is 4.90 Å². The Labute approximate surface area is 115 Å². The molecular formula is C14H22N2O2S. The van der Waals surface area contributed by atoms with Gasteiger partial charge in [-0.15, -0.1) is 0 Å². The van der Waals surface area contributed by atoms with Crippen LogP contribution in [0.25, 0.3) is 0 Å². The van der Waals surface area contributed by atoms with Gasteiger partial charge in [0.1, 0.15) is 0 Å². The van der Waals surface area contributed by atoms with Gasteiger partial charge in [-0.05, 0) is 44.0 Å². The maximum absolute atomic E-state index is 12.2. The van der Waals surface area contributed by atoms with Gasteiger partial charge in [0.2, 0.25) is 10.0 Å². The van der Waals surface area contributed by atoms with Crippen LogP contribution in [0.3, 0.4) is 0 Å². The van der Waals surface area contributed by atoms with Crippen LogP contribution in [0, 0.1) is 5.92 Å². The Kier molecular flexibility index (Phi) is 4.60. The molecule has 0 amide bonds. The van der Waals surface area contributed by atoms with E-state index in [4.69, 9.17) is 0 Å². The van der Waals surface area contributed by atoms with Gasteiger partial charge in [0.25, 0.3) is 0 Å². The highest BCUT2D eigenvalue weighted by molar-refractivity contribution is 7.89. The standard InChI is InChI=1S/C14H22N2O2S/c1-11(9-12-3-4-12)16-19(17,18)14-7-5-13(6-8-14)10-15-2/h5-8,11-12,15-16H,3-4,9-10H2,1-2H3. The molecule has 0 heterocycles. The highest BCUT2D eigenvalue weighted by atomic mass is 32.2. The van der Waals surface area contributed by atoms with Crippen molar-refractivity contribution in [2.24, 2.45) is 5.92 Å². The molecule has 1 aromatic carbocycles. The Morgan fingerprint density at radius 2 is 1.89 bits per heavy atom. The fourth-order valence-corrected chi connectivity index (χ4v) is 3.48. The SMILES string of the molecule is CNCc1ccc(S(=O)(=O)NC(C)CC2CC2)cc1. The first-order valence-corrected chi connectivity index (χ1v) is 8.25. The van der Waals surface area contributed by atoms with Crippen molar-refractivity contribution in [2.45, 2.75) is 43.7 Å². The Balaban J connectivity index is 2.01. The molecule has 1 saturated carbocycles. The van der Waals surface area contributed by atoms with Crippen molar-refractivity contribution >= 4 is 10.0 Å². The van der Waals surface area contributed by atoms with Crippen LogP contribution in [0.5, 0.6) is 0 Å². The summed E-state index contributed by atoms with van der Waals surface area (Å²) in [5, 5.41) is 3.04. The normalized spacial score (nSPS) is 17.4. The highest BCUT2D eigenvalue weighted by Crippen LogP contribution is 2.33. The van der Waals surface area contributed by atoms with Crippen LogP contribution in [0.15, 0.2) is 29.2 Å². The van der Waals surface area contributed by atoms with Gasteiger partial charge in [-0.3, -0.25) is 0 Å². The Hall–Kier alpha value is -0.910. The first-order valence-electron chi connectivity index (χ1n) is 6.77. The van der Waals surface area contributed by atoms with Crippen molar-refractivity contribution in [1.29, 1.82) is 0 Å². The maximum atomic E-state index is 12.2. The third-order valence-corrected chi connectivity index (χ3v) is 4.96. The fraction of sp³-hybridized carbons (Fsp3) is 0.571. The lowest BCUT2D eigenvalue weighted by atomic mass is 10.2. The Morgan fingerprint density at radius 3 is 2.42 bits per heavy atom. The van der Waals surface area contributed by atoms with E-state index < -0.39 is 10.0 Å². The summed E-state index contributed by atoms with van der Waals surface area (Å²) < 4.78 is 27.1. The molecule has 1 aliphatic rings. The second-order valence-electron chi connectivity index (χ2n) is 5.38. The summed E-state index contributed by atoms with van der Waals surface area (Å²) in [6.45, 7) is 2.68. The van der Waals surface area contributed by atoms with E-state index >= 15 is 0 Å². The van der Waals surface area contributed by atoms with E-state index in [1.807, 2.05) is 26.1 Å². The molecule has 1 aromatic rings. The van der Waals surface area contributed by atoms with E-state index in [1.165, 1.54) is 12.8 Å². The third-order valence-electron chi connectivity index (χ3n) is 3.35. The van der Waals surface area contributed by atoms with Gasteiger partial charge in [-0.25, -0.2) is 13.1 Å². The van der Waals surface area contributed by atoms with Crippen LogP contribution in [-0.2, 0) is 16.6 Å². The molecule has 0 aliphatic heterocycles. The molecule has 106 valence electrons. The van der Waals surface area contributed by atoms with Gasteiger partial charge in [-0.1, -0.05) is 25.0 Å². The minimum absolute atomic E-state index is 0.00878. The summed E-state index contributed by atoms with van der Waals surface area (Å²) in [7, 11) is -1.51. The summed E-state index contributed by atoms with van der Waals surface area (Å²) in [6, 6.07) is 7.03. The number of rotatable bonds is 7. The summed E-state index contributed by atoms with van der Waals surface area (Å²) in [5.41, 5.74) is 1.08. The van der Waals surface area contributed by atoms with Crippen molar-refractivity contribution < 1.29 is 8.42 Å². The van der Waals surface area contributed by atoms with E-state index in [0.717, 1.165) is 24.4 Å². The topological polar surface area (TPSA) is 58.2 Å². The van der Waals surface area contributed by atoms with Gasteiger partial charge in [-0.2, -0.15) is 0 Å². The van der Waals surface area contributed by atoms with Crippen LogP contribution >= 0.6 is 0 Å². The van der Waals surface area contributed by atoms with E-state index in [9.17, 15) is 8.42 Å². The molecule has 5 heteroatoms. The van der Waals surface area contributed by atoms with Gasteiger partial charge in [0.05, 0.1) is 4.90 Å². The molecule has 0 aromatic heterocycles. The summed E-state index contributed by atoms with van der Waals surface area (Å²) in [4.78, 5) is 0.343. The minimum atomic E-state index is -3.38. The number of hydrogen-bond donors (Lipinski definition) is 2. The maximum Gasteiger partial charge on any atom is 0.240 e. The largest absolute Gasteiger partial charge is 0.316 e. The molecule has 0 radical (unpaired) electrons. The molecule has 4 nitrogen and oxygen atoms in total. The monoisotopic (exact) mass is 282 g/mol. The second-order valence-corrected chi connectivity index (χ2v) is 7.09. The first kappa shape index (κ1) is 14.5. The molecule has 1 unspecified atom stereocenters. The molecule has 1 fully saturated rings. The van der Waals surface area contributed by atoms with Gasteiger partial charge in [0, 0.05) is 12.6 Å². The van der Waals surface area contributed by atoms with Crippen LogP contribution in [0.2, 0.25) is 0 Å². The van der Waals surface area contributed by atoms with Crippen LogP contribution in [-0.4, -0.2) is 21.5 Å². The molecule has 1 atom stereocenters. The van der Waals surface area contributed by atoms with Crippen molar-refractivity contribution in [3.05, 3.63) is 29.8 Å². The van der Waals surface area contributed by atoms with Gasteiger partial charge in [0.15, 0.2) is 0 Å². The van der Waals surface area contributed by atoms with Crippen LogP contribution in [0.1, 0.15) is 31.7 Å². The Morgan fingerprint density at radius 1 is 1.26 bits per heavy atom. The molecule has 2 N–H and O–H groups in total. The number of nitrogens with one attached hydrogen (secondary N) is 2. The number of sulfonamides is 1. The fourth-order valence-electron chi connectivity index (χ4n) is 2.23. The quantitative estimate of drug-likeness (QED) is 0.802. The van der Waals surface area contributed by atoms with Crippen LogP contribution < -0.4 is 10.0 Å². The molecule has 1 aliphatic carbocycles. The molecule has 19 heavy (non-hydrogen) atoms. The molecule has 0 bridgehead atoms. The number of benzene rings is 1. The van der Waals surface area contributed by atoms with Gasteiger partial charge < -0.3 is 5.32 Å². The lowest BCUT2D eigenvalue weighted by Gasteiger charge is -2.14. The van der Waals surface area contributed by atoms with E-state index in [1.54, 1.807) is 12.1 Å². The Bertz CT molecular complexity index is 507. The minimum Gasteiger partial charge on any atom is -0.316 e. The van der Waals surface area contributed by atoms with E-state index in [-0.39, 0.29) is 6.04 Å². The van der Waals surface area contributed by atoms with Crippen molar-refractivity contribution in [2.75, 3.05) is 7.05 Å². The lowest BCUT2D eigenvalue weighted by Crippen LogP contribution is -2.32. The number of hydrogen-bond acceptors (Lipinski definition) is 3. The summed E-state index contributed by atoms with van der Waals surface area (Å²) in [5.74, 6) is 0.718. The van der Waals surface area contributed by atoms with Crippen molar-refractivity contribution in [3.8, 4) is 0 Å². The zero-order valence-corrected chi connectivity index (χ0v) is 12.3. The third kappa shape index (κ3) is 4.30. The zero-order chi connectivity index (χ0) is 13.9. The summed E-state index contributed by atoms with van der Waals surface area (Å²) >= 11 is 0. The molecule has 0 saturated heterocycles. The van der Waals surface area contributed by atoms with Gasteiger partial charge >= 0.3 is 0 Å². The van der Waals surface area contributed by atoms with Crippen molar-refractivity contribution in [3.63, 3.8) is 0 Å².